The Morgan fingerprint density at radius 3 is 2.39 bits per heavy atom. The third-order valence-corrected chi connectivity index (χ3v) is 2.18. The van der Waals surface area contributed by atoms with Gasteiger partial charge in [-0.2, -0.15) is 13.2 Å². The van der Waals surface area contributed by atoms with Crippen molar-refractivity contribution < 1.29 is 22.7 Å². The molecule has 0 aromatic heterocycles. The second kappa shape index (κ2) is 6.23. The van der Waals surface area contributed by atoms with E-state index in [0.717, 1.165) is 0 Å². The van der Waals surface area contributed by atoms with Gasteiger partial charge < -0.3 is 4.74 Å². The average molecular weight is 258 g/mol. The molecule has 0 N–H and O–H groups in total. The van der Waals surface area contributed by atoms with E-state index in [0.29, 0.717) is 11.6 Å². The quantitative estimate of drug-likeness (QED) is 0.612. The number of rotatable bonds is 4. The number of allylic oxidation sites excluding steroid dienone is 1. The summed E-state index contributed by atoms with van der Waals surface area (Å²) in [5, 5.41) is 0. The van der Waals surface area contributed by atoms with Crippen LogP contribution >= 0.6 is 0 Å². The van der Waals surface area contributed by atoms with Gasteiger partial charge in [0.25, 0.3) is 0 Å². The molecule has 0 atom stereocenters. The summed E-state index contributed by atoms with van der Waals surface area (Å²) in [6.45, 7) is 1.59. The topological polar surface area (TPSA) is 26.3 Å². The Morgan fingerprint density at radius 1 is 1.28 bits per heavy atom. The lowest BCUT2D eigenvalue weighted by Gasteiger charge is -2.11. The van der Waals surface area contributed by atoms with E-state index < -0.39 is 17.7 Å². The smallest absolute Gasteiger partial charge is 0.413 e. The van der Waals surface area contributed by atoms with Crippen LogP contribution in [0.2, 0.25) is 0 Å². The Balaban J connectivity index is 2.90. The third-order valence-electron chi connectivity index (χ3n) is 2.18. The van der Waals surface area contributed by atoms with Crippen molar-refractivity contribution in [1.29, 1.82) is 0 Å². The summed E-state index contributed by atoms with van der Waals surface area (Å²) < 4.78 is 42.7. The summed E-state index contributed by atoms with van der Waals surface area (Å²) in [7, 11) is 0. The first-order valence-electron chi connectivity index (χ1n) is 5.42. The van der Waals surface area contributed by atoms with Gasteiger partial charge in [-0.05, 0) is 12.5 Å². The Hall–Kier alpha value is -1.78. The summed E-state index contributed by atoms with van der Waals surface area (Å²) in [5.74, 6) is -0.972. The minimum atomic E-state index is -4.54. The Bertz CT molecular complexity index is 422. The maximum atomic E-state index is 12.7. The number of hydrogen-bond donors (Lipinski definition) is 0. The van der Waals surface area contributed by atoms with Gasteiger partial charge in [0, 0.05) is 18.1 Å². The number of hydrogen-bond acceptors (Lipinski definition) is 2. The van der Waals surface area contributed by atoms with Crippen molar-refractivity contribution in [3.8, 4) is 0 Å². The van der Waals surface area contributed by atoms with Crippen molar-refractivity contribution in [2.24, 2.45) is 0 Å². The summed E-state index contributed by atoms with van der Waals surface area (Å²) in [4.78, 5) is 11.1. The predicted molar refractivity (Wildman–Crippen MR) is 60.9 cm³/mol. The molecule has 98 valence electrons. The monoisotopic (exact) mass is 258 g/mol. The molecular formula is C13H13F3O2. The molecule has 0 amide bonds. The summed E-state index contributed by atoms with van der Waals surface area (Å²) in [5.41, 5.74) is -0.419. The van der Waals surface area contributed by atoms with E-state index in [-0.39, 0.29) is 13.0 Å². The fraction of sp³-hybridized carbons (Fsp3) is 0.308. The number of benzene rings is 1. The number of ether oxygens (including phenoxy) is 1. The first kappa shape index (κ1) is 14.3. The van der Waals surface area contributed by atoms with Crippen molar-refractivity contribution in [2.45, 2.75) is 19.5 Å². The minimum absolute atomic E-state index is 0.0474. The first-order valence-corrected chi connectivity index (χ1v) is 5.42. The van der Waals surface area contributed by atoms with Gasteiger partial charge in [0.15, 0.2) is 0 Å². The molecule has 0 radical (unpaired) electrons. The van der Waals surface area contributed by atoms with Gasteiger partial charge in [0.05, 0.1) is 6.61 Å². The predicted octanol–water partition coefficient (Wildman–Crippen LogP) is 3.28. The average Bonchev–Trinajstić information content (AvgIpc) is 2.28. The number of alkyl halides is 3. The highest BCUT2D eigenvalue weighted by atomic mass is 19.4. The van der Waals surface area contributed by atoms with Crippen LogP contribution in [0.1, 0.15) is 12.5 Å². The molecule has 1 aromatic rings. The van der Waals surface area contributed by atoms with Crippen LogP contribution in [-0.2, 0) is 16.0 Å². The number of carbonyl (C=O) groups excluding carboxylic acids is 1. The molecule has 0 fully saturated rings. The van der Waals surface area contributed by atoms with Crippen molar-refractivity contribution in [3.63, 3.8) is 0 Å². The summed E-state index contributed by atoms with van der Waals surface area (Å²) in [6, 6.07) is 8.16. The highest BCUT2D eigenvalue weighted by Crippen LogP contribution is 2.28. The van der Waals surface area contributed by atoms with Gasteiger partial charge in [0.1, 0.15) is 0 Å². The molecule has 0 saturated heterocycles. The van der Waals surface area contributed by atoms with E-state index in [1.165, 1.54) is 6.92 Å². The molecule has 0 aliphatic rings. The maximum Gasteiger partial charge on any atom is 0.413 e. The van der Waals surface area contributed by atoms with Crippen LogP contribution in [-0.4, -0.2) is 18.8 Å². The van der Waals surface area contributed by atoms with Crippen LogP contribution in [0.3, 0.4) is 0 Å². The summed E-state index contributed by atoms with van der Waals surface area (Å²) in [6.07, 6.45) is -4.37. The SMILES string of the molecule is CCOC(=O)/C=C(/Cc1ccccc1)C(F)(F)F. The normalized spacial score (nSPS) is 12.3. The van der Waals surface area contributed by atoms with Crippen LogP contribution in [0.4, 0.5) is 13.2 Å². The molecule has 1 rings (SSSR count). The summed E-state index contributed by atoms with van der Waals surface area (Å²) >= 11 is 0. The lowest BCUT2D eigenvalue weighted by molar-refractivity contribution is -0.138. The number of esters is 1. The lowest BCUT2D eigenvalue weighted by Crippen LogP contribution is -2.16. The highest BCUT2D eigenvalue weighted by Gasteiger charge is 2.34. The largest absolute Gasteiger partial charge is 0.463 e. The molecule has 0 heterocycles. The van der Waals surface area contributed by atoms with Gasteiger partial charge in [-0.3, -0.25) is 0 Å². The Labute approximate surface area is 103 Å². The maximum absolute atomic E-state index is 12.7. The third kappa shape index (κ3) is 4.61. The molecule has 0 aliphatic heterocycles. The van der Waals surface area contributed by atoms with Crippen LogP contribution in [0.5, 0.6) is 0 Å². The van der Waals surface area contributed by atoms with E-state index in [4.69, 9.17) is 0 Å². The van der Waals surface area contributed by atoms with Crippen LogP contribution < -0.4 is 0 Å². The van der Waals surface area contributed by atoms with Crippen LogP contribution in [0.25, 0.3) is 0 Å². The molecular weight excluding hydrogens is 245 g/mol. The fourth-order valence-corrected chi connectivity index (χ4v) is 1.38. The molecule has 0 unspecified atom stereocenters. The standard InChI is InChI=1S/C13H13F3O2/c1-2-18-12(17)9-11(13(14,15)16)8-10-6-4-3-5-7-10/h3-7,9H,2,8H2,1H3/b11-9-. The van der Waals surface area contributed by atoms with Gasteiger partial charge in [-0.15, -0.1) is 0 Å². The molecule has 0 aliphatic carbocycles. The first-order chi connectivity index (χ1) is 8.43. The molecule has 18 heavy (non-hydrogen) atoms. The van der Waals surface area contributed by atoms with Gasteiger partial charge in [-0.1, -0.05) is 30.3 Å². The van der Waals surface area contributed by atoms with Gasteiger partial charge >= 0.3 is 12.1 Å². The van der Waals surface area contributed by atoms with E-state index in [1.807, 2.05) is 0 Å². The van der Waals surface area contributed by atoms with Gasteiger partial charge in [-0.25, -0.2) is 4.79 Å². The van der Waals surface area contributed by atoms with Gasteiger partial charge in [0.2, 0.25) is 0 Å². The van der Waals surface area contributed by atoms with Crippen LogP contribution in [0.15, 0.2) is 42.0 Å². The molecule has 0 spiro atoms. The van der Waals surface area contributed by atoms with Crippen molar-refractivity contribution in [3.05, 3.63) is 47.5 Å². The lowest BCUT2D eigenvalue weighted by atomic mass is 10.0. The zero-order chi connectivity index (χ0) is 13.6. The molecule has 2 nitrogen and oxygen atoms in total. The number of halogens is 3. The van der Waals surface area contributed by atoms with E-state index in [2.05, 4.69) is 4.74 Å². The second-order valence-corrected chi connectivity index (χ2v) is 3.58. The van der Waals surface area contributed by atoms with E-state index in [1.54, 1.807) is 30.3 Å². The minimum Gasteiger partial charge on any atom is -0.463 e. The number of carbonyl (C=O) groups is 1. The molecule has 1 aromatic carbocycles. The molecule has 0 bridgehead atoms. The fourth-order valence-electron chi connectivity index (χ4n) is 1.38. The van der Waals surface area contributed by atoms with Crippen LogP contribution in [0, 0.1) is 0 Å². The van der Waals surface area contributed by atoms with E-state index >= 15 is 0 Å². The zero-order valence-corrected chi connectivity index (χ0v) is 9.83. The van der Waals surface area contributed by atoms with E-state index in [9.17, 15) is 18.0 Å². The van der Waals surface area contributed by atoms with Crippen molar-refractivity contribution in [2.75, 3.05) is 6.61 Å². The molecule has 0 saturated carbocycles. The Morgan fingerprint density at radius 2 is 1.89 bits per heavy atom. The zero-order valence-electron chi connectivity index (χ0n) is 9.83. The van der Waals surface area contributed by atoms with Crippen molar-refractivity contribution in [1.82, 2.24) is 0 Å². The highest BCUT2D eigenvalue weighted by molar-refractivity contribution is 5.83. The molecule has 5 heteroatoms. The second-order valence-electron chi connectivity index (χ2n) is 3.58. The van der Waals surface area contributed by atoms with Crippen molar-refractivity contribution >= 4 is 5.97 Å². The Kier molecular flexibility index (Phi) is 4.95.